The molecule has 34 heavy (non-hydrogen) atoms. The minimum Gasteiger partial charge on any atom is -0.479 e. The van der Waals surface area contributed by atoms with Crippen molar-refractivity contribution in [3.8, 4) is 28.1 Å². The van der Waals surface area contributed by atoms with Crippen molar-refractivity contribution < 1.29 is 9.13 Å². The van der Waals surface area contributed by atoms with E-state index in [2.05, 4.69) is 19.9 Å². The van der Waals surface area contributed by atoms with Crippen molar-refractivity contribution in [2.45, 2.75) is 6.04 Å². The van der Waals surface area contributed by atoms with E-state index in [4.69, 9.17) is 32.8 Å². The fourth-order valence-corrected chi connectivity index (χ4v) is 5.18. The third kappa shape index (κ3) is 3.31. The lowest BCUT2D eigenvalue weighted by molar-refractivity contribution is 0.369. The molecular weight excluding hydrogens is 457 g/mol. The molecule has 3 aromatic heterocycles. The Morgan fingerprint density at radius 3 is 2.62 bits per heavy atom. The Morgan fingerprint density at radius 2 is 1.88 bits per heavy atom. The number of anilines is 2. The smallest absolute Gasteiger partial charge is 0.250 e. The first-order valence-corrected chi connectivity index (χ1v) is 11.2. The van der Waals surface area contributed by atoms with Crippen LogP contribution < -0.4 is 21.1 Å². The number of hydrogen-bond acceptors (Lipinski definition) is 8. The quantitative estimate of drug-likeness (QED) is 0.458. The van der Waals surface area contributed by atoms with E-state index >= 15 is 0 Å². The monoisotopic (exact) mass is 477 g/mol. The minimum atomic E-state index is -0.555. The van der Waals surface area contributed by atoms with Crippen molar-refractivity contribution in [2.24, 2.45) is 17.6 Å². The summed E-state index contributed by atoms with van der Waals surface area (Å²) in [6.45, 7) is 1.60. The summed E-state index contributed by atoms with van der Waals surface area (Å²) in [5.41, 5.74) is 15.3. The Bertz CT molecular complexity index is 1440. The molecule has 172 valence electrons. The maximum Gasteiger partial charge on any atom is 0.250 e. The van der Waals surface area contributed by atoms with Crippen LogP contribution in [0.5, 0.6) is 5.88 Å². The summed E-state index contributed by atoms with van der Waals surface area (Å²) in [4.78, 5) is 19.6. The molecule has 1 saturated heterocycles. The largest absolute Gasteiger partial charge is 0.479 e. The Labute approximate surface area is 199 Å². The van der Waals surface area contributed by atoms with Crippen molar-refractivity contribution in [1.29, 1.82) is 0 Å². The Morgan fingerprint density at radius 1 is 1.09 bits per heavy atom. The molecule has 6 rings (SSSR count). The van der Waals surface area contributed by atoms with Crippen LogP contribution in [0.3, 0.4) is 0 Å². The number of pyridine rings is 2. The minimum absolute atomic E-state index is 0.0669. The second kappa shape index (κ2) is 7.75. The number of methoxy groups -OCH3 is 1. The highest BCUT2D eigenvalue weighted by atomic mass is 35.5. The zero-order chi connectivity index (χ0) is 23.6. The number of nitrogen functional groups attached to an aromatic ring is 1. The van der Waals surface area contributed by atoms with E-state index in [1.807, 2.05) is 18.2 Å². The van der Waals surface area contributed by atoms with Crippen LogP contribution in [-0.2, 0) is 0 Å². The van der Waals surface area contributed by atoms with Gasteiger partial charge in [-0.1, -0.05) is 23.7 Å². The van der Waals surface area contributed by atoms with Crippen LogP contribution in [0.1, 0.15) is 0 Å². The molecule has 10 heteroatoms. The van der Waals surface area contributed by atoms with Crippen molar-refractivity contribution in [2.75, 3.05) is 30.8 Å². The van der Waals surface area contributed by atoms with Gasteiger partial charge in [0.25, 0.3) is 0 Å². The number of nitrogens with two attached hydrogens (primary N) is 2. The van der Waals surface area contributed by atoms with Crippen molar-refractivity contribution >= 4 is 34.4 Å². The molecule has 0 radical (unpaired) electrons. The molecule has 2 aliphatic rings. The number of hydrogen-bond donors (Lipinski definition) is 2. The lowest BCUT2D eigenvalue weighted by Gasteiger charge is -2.25. The highest BCUT2D eigenvalue weighted by molar-refractivity contribution is 6.34. The van der Waals surface area contributed by atoms with Gasteiger partial charge in [0, 0.05) is 58.6 Å². The zero-order valence-corrected chi connectivity index (χ0v) is 19.0. The molecule has 1 unspecified atom stereocenters. The molecule has 1 aliphatic heterocycles. The van der Waals surface area contributed by atoms with Crippen LogP contribution in [-0.4, -0.2) is 46.2 Å². The third-order valence-corrected chi connectivity index (χ3v) is 7.04. The number of ether oxygens (including phenoxy) is 1. The molecule has 1 saturated carbocycles. The van der Waals surface area contributed by atoms with Crippen LogP contribution in [0.2, 0.25) is 5.02 Å². The van der Waals surface area contributed by atoms with Gasteiger partial charge in [-0.3, -0.25) is 0 Å². The normalized spacial score (nSPS) is 21.1. The second-order valence-corrected chi connectivity index (χ2v) is 9.10. The molecule has 0 spiro atoms. The summed E-state index contributed by atoms with van der Waals surface area (Å²) < 4.78 is 19.5. The molecule has 1 aromatic carbocycles. The molecule has 4 aromatic rings. The van der Waals surface area contributed by atoms with Crippen LogP contribution in [0, 0.1) is 17.7 Å². The standard InChI is InChI=1S/C24H21ClFN7O/c1-34-23-18(26)6-11(7-29-23)13-3-2-4-17(25)19(13)14-5-12-8-30-24(28)32-21(12)31-22(14)33-9-15-16(10-33)20(15)27/h2-8,15-16,20H,9-10,27H2,1H3,(H2,28,30,31,32)/t15-,16+,20?. The molecule has 0 amide bonds. The van der Waals surface area contributed by atoms with Crippen LogP contribution in [0.4, 0.5) is 16.2 Å². The molecule has 4 N–H and O–H groups in total. The number of nitrogens with zero attached hydrogens (tertiary/aromatic N) is 5. The molecule has 2 fully saturated rings. The second-order valence-electron chi connectivity index (χ2n) is 8.69. The number of halogens is 2. The lowest BCUT2D eigenvalue weighted by Crippen LogP contribution is -2.29. The summed E-state index contributed by atoms with van der Waals surface area (Å²) in [6, 6.07) is 9.10. The summed E-state index contributed by atoms with van der Waals surface area (Å²) >= 11 is 6.77. The predicted molar refractivity (Wildman–Crippen MR) is 129 cm³/mol. The van der Waals surface area contributed by atoms with E-state index in [0.717, 1.165) is 41.0 Å². The predicted octanol–water partition coefficient (Wildman–Crippen LogP) is 3.53. The summed E-state index contributed by atoms with van der Waals surface area (Å²) in [5.74, 6) is 1.17. The van der Waals surface area contributed by atoms with Gasteiger partial charge >= 0.3 is 0 Å². The number of piperidine rings is 1. The van der Waals surface area contributed by atoms with Crippen molar-refractivity contribution in [3.63, 3.8) is 0 Å². The van der Waals surface area contributed by atoms with Gasteiger partial charge in [-0.05, 0) is 35.6 Å². The fourth-order valence-electron chi connectivity index (χ4n) is 4.90. The molecule has 4 heterocycles. The fraction of sp³-hybridized carbons (Fsp3) is 0.250. The van der Waals surface area contributed by atoms with E-state index < -0.39 is 5.82 Å². The number of fused-ring (bicyclic) bond motifs is 2. The average molecular weight is 478 g/mol. The van der Waals surface area contributed by atoms with Gasteiger partial charge in [-0.2, -0.15) is 4.98 Å². The molecule has 8 nitrogen and oxygen atoms in total. The summed E-state index contributed by atoms with van der Waals surface area (Å²) in [5, 5.41) is 1.23. The number of rotatable bonds is 4. The van der Waals surface area contributed by atoms with Crippen LogP contribution in [0.15, 0.2) is 42.7 Å². The highest BCUT2D eigenvalue weighted by Crippen LogP contribution is 2.48. The van der Waals surface area contributed by atoms with E-state index in [9.17, 15) is 4.39 Å². The Hall–Kier alpha value is -3.56. The van der Waals surface area contributed by atoms with E-state index in [-0.39, 0.29) is 17.9 Å². The van der Waals surface area contributed by atoms with Gasteiger partial charge in [0.15, 0.2) is 11.5 Å². The molecular formula is C24H21ClFN7O. The average Bonchev–Trinajstić information content (AvgIpc) is 3.22. The van der Waals surface area contributed by atoms with E-state index in [1.165, 1.54) is 13.2 Å². The van der Waals surface area contributed by atoms with Gasteiger partial charge in [-0.25, -0.2) is 19.3 Å². The SMILES string of the molecule is COc1ncc(-c2cccc(Cl)c2-c2cc3cnc(N)nc3nc2N2C[C@@H]3C(N)[C@@H]3C2)cc1F. The van der Waals surface area contributed by atoms with Gasteiger partial charge in [0.1, 0.15) is 5.82 Å². The molecule has 1 aliphatic carbocycles. The zero-order valence-electron chi connectivity index (χ0n) is 18.2. The van der Waals surface area contributed by atoms with E-state index in [0.29, 0.717) is 28.1 Å². The maximum absolute atomic E-state index is 14.5. The molecule has 0 bridgehead atoms. The first kappa shape index (κ1) is 21.0. The van der Waals surface area contributed by atoms with Gasteiger partial charge in [-0.15, -0.1) is 0 Å². The summed E-state index contributed by atoms with van der Waals surface area (Å²) in [7, 11) is 1.38. The first-order chi connectivity index (χ1) is 16.4. The topological polar surface area (TPSA) is 116 Å². The van der Waals surface area contributed by atoms with Crippen molar-refractivity contribution in [1.82, 2.24) is 19.9 Å². The highest BCUT2D eigenvalue weighted by Gasteiger charge is 2.54. The third-order valence-electron chi connectivity index (χ3n) is 6.72. The lowest BCUT2D eigenvalue weighted by atomic mass is 9.94. The number of aromatic nitrogens is 4. The van der Waals surface area contributed by atoms with Crippen LogP contribution >= 0.6 is 11.6 Å². The number of benzene rings is 1. The Kier molecular flexibility index (Phi) is 4.79. The van der Waals surface area contributed by atoms with Crippen molar-refractivity contribution in [3.05, 3.63) is 53.6 Å². The van der Waals surface area contributed by atoms with Gasteiger partial charge in [0.2, 0.25) is 11.8 Å². The summed E-state index contributed by atoms with van der Waals surface area (Å²) in [6.07, 6.45) is 3.21. The van der Waals surface area contributed by atoms with Gasteiger partial charge in [0.05, 0.1) is 7.11 Å². The maximum atomic E-state index is 14.5. The van der Waals surface area contributed by atoms with Gasteiger partial charge < -0.3 is 21.1 Å². The van der Waals surface area contributed by atoms with E-state index in [1.54, 1.807) is 18.5 Å². The Balaban J connectivity index is 1.57. The first-order valence-electron chi connectivity index (χ1n) is 10.9. The van der Waals surface area contributed by atoms with Crippen LogP contribution in [0.25, 0.3) is 33.3 Å². The molecule has 3 atom stereocenters.